The maximum atomic E-state index is 11.7. The molecule has 0 bridgehead atoms. The first-order valence-electron chi connectivity index (χ1n) is 6.20. The Morgan fingerprint density at radius 1 is 1.17 bits per heavy atom. The van der Waals surface area contributed by atoms with Crippen LogP contribution in [0.2, 0.25) is 0 Å². The molecule has 0 aliphatic carbocycles. The van der Waals surface area contributed by atoms with Crippen molar-refractivity contribution in [1.29, 1.82) is 0 Å². The van der Waals surface area contributed by atoms with Crippen molar-refractivity contribution in [3.63, 3.8) is 0 Å². The van der Waals surface area contributed by atoms with Crippen LogP contribution in [0.3, 0.4) is 0 Å². The highest BCUT2D eigenvalue weighted by atomic mass is 16.1. The molecule has 0 atom stereocenters. The Hall–Kier alpha value is -1.77. The summed E-state index contributed by atoms with van der Waals surface area (Å²) in [5.74, 6) is 0. The molecule has 1 heterocycles. The summed E-state index contributed by atoms with van der Waals surface area (Å²) in [5, 5.41) is 0. The van der Waals surface area contributed by atoms with E-state index in [-0.39, 0.29) is 11.0 Å². The molecule has 0 spiro atoms. The third-order valence-corrected chi connectivity index (χ3v) is 3.19. The van der Waals surface area contributed by atoms with Crippen molar-refractivity contribution < 1.29 is 0 Å². The van der Waals surface area contributed by atoms with E-state index in [4.69, 9.17) is 0 Å². The minimum Gasteiger partial charge on any atom is -0.293 e. The quantitative estimate of drug-likeness (QED) is 0.797. The van der Waals surface area contributed by atoms with Crippen LogP contribution in [0.25, 0.3) is 0 Å². The summed E-state index contributed by atoms with van der Waals surface area (Å²) in [4.78, 5) is 11.7. The van der Waals surface area contributed by atoms with E-state index in [1.807, 2.05) is 11.7 Å². The summed E-state index contributed by atoms with van der Waals surface area (Å²) in [6, 6.07) is 10.0. The van der Waals surface area contributed by atoms with Gasteiger partial charge in [0, 0.05) is 19.3 Å². The molecule has 2 rings (SSSR count). The normalized spacial score (nSPS) is 11.8. The molecule has 3 heteroatoms. The summed E-state index contributed by atoms with van der Waals surface area (Å²) in [5.41, 5.74) is 2.63. The zero-order valence-corrected chi connectivity index (χ0v) is 11.5. The SMILES string of the molecule is Cn1ccc(=O)n1Cc1cccc(C(C)(C)C)c1. The number of hydrogen-bond acceptors (Lipinski definition) is 1. The predicted octanol–water partition coefficient (Wildman–Crippen LogP) is 2.53. The highest BCUT2D eigenvalue weighted by Crippen LogP contribution is 2.22. The molecule has 0 unspecified atom stereocenters. The minimum absolute atomic E-state index is 0.0404. The molecule has 0 saturated carbocycles. The average Bonchev–Trinajstić information content (AvgIpc) is 2.60. The molecular weight excluding hydrogens is 224 g/mol. The fraction of sp³-hybridized carbons (Fsp3) is 0.400. The van der Waals surface area contributed by atoms with Crippen LogP contribution in [0.5, 0.6) is 0 Å². The Kier molecular flexibility index (Phi) is 3.16. The van der Waals surface area contributed by atoms with Crippen molar-refractivity contribution in [2.45, 2.75) is 32.7 Å². The van der Waals surface area contributed by atoms with Crippen molar-refractivity contribution in [2.75, 3.05) is 0 Å². The van der Waals surface area contributed by atoms with Crippen LogP contribution in [0.1, 0.15) is 31.9 Å². The summed E-state index contributed by atoms with van der Waals surface area (Å²) >= 11 is 0. The third kappa shape index (κ3) is 2.55. The maximum absolute atomic E-state index is 11.7. The lowest BCUT2D eigenvalue weighted by Gasteiger charge is -2.20. The second-order valence-corrected chi connectivity index (χ2v) is 5.74. The molecular formula is C15H20N2O. The maximum Gasteiger partial charge on any atom is 0.266 e. The number of rotatable bonds is 2. The van der Waals surface area contributed by atoms with E-state index in [2.05, 4.69) is 45.0 Å². The molecule has 0 saturated heterocycles. The number of aromatic nitrogens is 2. The molecule has 3 nitrogen and oxygen atoms in total. The molecule has 0 amide bonds. The van der Waals surface area contributed by atoms with Gasteiger partial charge in [-0.1, -0.05) is 45.0 Å². The number of nitrogens with zero attached hydrogens (tertiary/aromatic N) is 2. The van der Waals surface area contributed by atoms with Gasteiger partial charge in [0.2, 0.25) is 0 Å². The summed E-state index contributed by atoms with van der Waals surface area (Å²) in [6.07, 6.45) is 1.79. The number of hydrogen-bond donors (Lipinski definition) is 0. The standard InChI is InChI=1S/C15H20N2O/c1-15(2,3)13-7-5-6-12(10-13)11-17-14(18)8-9-16(17)4/h5-10H,11H2,1-4H3. The molecule has 0 fully saturated rings. The van der Waals surface area contributed by atoms with E-state index >= 15 is 0 Å². The Balaban J connectivity index is 2.34. The van der Waals surface area contributed by atoms with Crippen molar-refractivity contribution in [3.8, 4) is 0 Å². The molecule has 1 aromatic heterocycles. The molecule has 0 aliphatic rings. The van der Waals surface area contributed by atoms with Gasteiger partial charge in [-0.2, -0.15) is 0 Å². The van der Waals surface area contributed by atoms with Gasteiger partial charge in [0.1, 0.15) is 0 Å². The first kappa shape index (κ1) is 12.7. The van der Waals surface area contributed by atoms with Crippen molar-refractivity contribution in [2.24, 2.45) is 7.05 Å². The third-order valence-electron chi connectivity index (χ3n) is 3.19. The monoisotopic (exact) mass is 244 g/mol. The highest BCUT2D eigenvalue weighted by Gasteiger charge is 2.13. The van der Waals surface area contributed by atoms with E-state index in [1.54, 1.807) is 16.9 Å². The van der Waals surface area contributed by atoms with Crippen LogP contribution in [0.4, 0.5) is 0 Å². The molecule has 0 aliphatic heterocycles. The van der Waals surface area contributed by atoms with E-state index in [1.165, 1.54) is 5.56 Å². The predicted molar refractivity (Wildman–Crippen MR) is 73.9 cm³/mol. The van der Waals surface area contributed by atoms with Crippen LogP contribution in [0, 0.1) is 0 Å². The molecule has 0 radical (unpaired) electrons. The average molecular weight is 244 g/mol. The zero-order chi connectivity index (χ0) is 13.3. The van der Waals surface area contributed by atoms with Gasteiger partial charge in [-0.15, -0.1) is 0 Å². The lowest BCUT2D eigenvalue weighted by atomic mass is 9.86. The van der Waals surface area contributed by atoms with Crippen LogP contribution in [0.15, 0.2) is 41.3 Å². The van der Waals surface area contributed by atoms with E-state index in [9.17, 15) is 4.79 Å². The van der Waals surface area contributed by atoms with Gasteiger partial charge in [-0.25, -0.2) is 4.68 Å². The smallest absolute Gasteiger partial charge is 0.266 e. The molecule has 2 aromatic rings. The van der Waals surface area contributed by atoms with Gasteiger partial charge in [0.15, 0.2) is 0 Å². The van der Waals surface area contributed by atoms with E-state index in [0.29, 0.717) is 6.54 Å². The Morgan fingerprint density at radius 2 is 1.89 bits per heavy atom. The molecule has 1 aromatic carbocycles. The molecule has 0 N–H and O–H groups in total. The van der Waals surface area contributed by atoms with Gasteiger partial charge in [-0.05, 0) is 16.5 Å². The lowest BCUT2D eigenvalue weighted by Crippen LogP contribution is -2.22. The largest absolute Gasteiger partial charge is 0.293 e. The van der Waals surface area contributed by atoms with Gasteiger partial charge in [0.25, 0.3) is 5.56 Å². The van der Waals surface area contributed by atoms with Crippen LogP contribution >= 0.6 is 0 Å². The minimum atomic E-state index is 0.0404. The molecule has 96 valence electrons. The Labute approximate surface area is 108 Å². The number of aryl methyl sites for hydroxylation is 1. The van der Waals surface area contributed by atoms with Gasteiger partial charge < -0.3 is 0 Å². The summed E-state index contributed by atoms with van der Waals surface area (Å²) in [7, 11) is 1.88. The lowest BCUT2D eigenvalue weighted by molar-refractivity contribution is 0.533. The molecule has 18 heavy (non-hydrogen) atoms. The van der Waals surface area contributed by atoms with Crippen LogP contribution < -0.4 is 5.56 Å². The first-order chi connectivity index (χ1) is 8.38. The van der Waals surface area contributed by atoms with Gasteiger partial charge in [0.05, 0.1) is 6.54 Å². The van der Waals surface area contributed by atoms with Gasteiger partial charge >= 0.3 is 0 Å². The highest BCUT2D eigenvalue weighted by molar-refractivity contribution is 5.28. The number of benzene rings is 1. The zero-order valence-electron chi connectivity index (χ0n) is 11.5. The Morgan fingerprint density at radius 3 is 2.44 bits per heavy atom. The van der Waals surface area contributed by atoms with E-state index < -0.39 is 0 Å². The topological polar surface area (TPSA) is 26.9 Å². The second-order valence-electron chi connectivity index (χ2n) is 5.74. The first-order valence-corrected chi connectivity index (χ1v) is 6.20. The summed E-state index contributed by atoms with van der Waals surface area (Å²) < 4.78 is 3.55. The summed E-state index contributed by atoms with van der Waals surface area (Å²) in [6.45, 7) is 7.20. The van der Waals surface area contributed by atoms with Crippen LogP contribution in [-0.4, -0.2) is 9.36 Å². The fourth-order valence-electron chi connectivity index (χ4n) is 1.99. The van der Waals surface area contributed by atoms with Crippen molar-refractivity contribution in [3.05, 3.63) is 58.0 Å². The second kappa shape index (κ2) is 4.48. The van der Waals surface area contributed by atoms with Crippen molar-refractivity contribution >= 4 is 0 Å². The van der Waals surface area contributed by atoms with Crippen molar-refractivity contribution in [1.82, 2.24) is 9.36 Å². The Bertz CT molecular complexity index is 599. The fourth-order valence-corrected chi connectivity index (χ4v) is 1.99. The van der Waals surface area contributed by atoms with Crippen LogP contribution in [-0.2, 0) is 19.0 Å². The van der Waals surface area contributed by atoms with Gasteiger partial charge in [-0.3, -0.25) is 9.48 Å². The van der Waals surface area contributed by atoms with E-state index in [0.717, 1.165) is 5.56 Å².